The Morgan fingerprint density at radius 2 is 2.04 bits per heavy atom. The topological polar surface area (TPSA) is 42.0 Å². The molecule has 1 amide bonds. The zero-order valence-electron chi connectivity index (χ0n) is 15.0. The SMILES string of the molecule is CCCc1nc2cc(C(F)(F)F)ccc2c(C)c1C(=O)NCc1cccs1. The standard InChI is InChI=1S/C20H19F3N2OS/c1-3-5-16-18(19(26)24-11-14-6-4-9-27-14)12(2)15-8-7-13(20(21,22)23)10-17(15)25-16/h4,6-10H,3,5,11H2,1-2H3,(H,24,26). The van der Waals surface area contributed by atoms with Crippen LogP contribution in [0.15, 0.2) is 35.7 Å². The summed E-state index contributed by atoms with van der Waals surface area (Å²) in [6.07, 6.45) is -3.16. The van der Waals surface area contributed by atoms with E-state index in [1.807, 2.05) is 24.4 Å². The van der Waals surface area contributed by atoms with Gasteiger partial charge in [0.15, 0.2) is 0 Å². The molecule has 0 aliphatic rings. The van der Waals surface area contributed by atoms with E-state index in [4.69, 9.17) is 0 Å². The molecule has 1 N–H and O–H groups in total. The summed E-state index contributed by atoms with van der Waals surface area (Å²) in [7, 11) is 0. The molecule has 0 radical (unpaired) electrons. The van der Waals surface area contributed by atoms with Crippen molar-refractivity contribution in [3.05, 3.63) is 63.0 Å². The van der Waals surface area contributed by atoms with E-state index in [0.29, 0.717) is 35.2 Å². The number of thiophene rings is 1. The Hall–Kier alpha value is -2.41. The van der Waals surface area contributed by atoms with E-state index >= 15 is 0 Å². The summed E-state index contributed by atoms with van der Waals surface area (Å²) in [6.45, 7) is 4.11. The molecule has 0 saturated carbocycles. The van der Waals surface area contributed by atoms with Gasteiger partial charge >= 0.3 is 6.18 Å². The number of fused-ring (bicyclic) bond motifs is 1. The Bertz CT molecular complexity index is 966. The Morgan fingerprint density at radius 3 is 2.67 bits per heavy atom. The van der Waals surface area contributed by atoms with Gasteiger partial charge in [-0.1, -0.05) is 25.5 Å². The van der Waals surface area contributed by atoms with Gasteiger partial charge in [-0.15, -0.1) is 11.3 Å². The van der Waals surface area contributed by atoms with Crippen molar-refractivity contribution in [3.8, 4) is 0 Å². The minimum Gasteiger partial charge on any atom is -0.347 e. The molecule has 0 fully saturated rings. The second kappa shape index (κ2) is 7.68. The summed E-state index contributed by atoms with van der Waals surface area (Å²) in [5.74, 6) is -0.251. The number of aryl methyl sites for hydroxylation is 2. The predicted octanol–water partition coefficient (Wildman–Crippen LogP) is 5.51. The quantitative estimate of drug-likeness (QED) is 0.622. The highest BCUT2D eigenvalue weighted by Gasteiger charge is 2.31. The summed E-state index contributed by atoms with van der Waals surface area (Å²) < 4.78 is 39.0. The van der Waals surface area contributed by atoms with Crippen LogP contribution < -0.4 is 5.32 Å². The van der Waals surface area contributed by atoms with Crippen LogP contribution in [-0.4, -0.2) is 10.9 Å². The maximum Gasteiger partial charge on any atom is 0.416 e. The van der Waals surface area contributed by atoms with Crippen LogP contribution in [0.5, 0.6) is 0 Å². The van der Waals surface area contributed by atoms with Crippen molar-refractivity contribution in [1.29, 1.82) is 0 Å². The molecule has 0 unspecified atom stereocenters. The molecule has 0 spiro atoms. The van der Waals surface area contributed by atoms with Gasteiger partial charge in [0, 0.05) is 10.3 Å². The summed E-state index contributed by atoms with van der Waals surface area (Å²) in [4.78, 5) is 18.2. The lowest BCUT2D eigenvalue weighted by molar-refractivity contribution is -0.137. The van der Waals surface area contributed by atoms with Gasteiger partial charge in [-0.3, -0.25) is 9.78 Å². The Kier molecular flexibility index (Phi) is 5.51. The number of rotatable bonds is 5. The molecule has 0 saturated heterocycles. The lowest BCUT2D eigenvalue weighted by Gasteiger charge is -2.15. The molecule has 1 aromatic carbocycles. The zero-order chi connectivity index (χ0) is 19.6. The third-order valence-electron chi connectivity index (χ3n) is 4.37. The summed E-state index contributed by atoms with van der Waals surface area (Å²) in [5, 5.41) is 5.39. The Morgan fingerprint density at radius 1 is 1.26 bits per heavy atom. The van der Waals surface area contributed by atoms with Crippen molar-refractivity contribution in [2.24, 2.45) is 0 Å². The highest BCUT2D eigenvalue weighted by atomic mass is 32.1. The summed E-state index contributed by atoms with van der Waals surface area (Å²) in [6, 6.07) is 7.32. The number of alkyl halides is 3. The van der Waals surface area contributed by atoms with Crippen molar-refractivity contribution >= 4 is 28.1 Å². The van der Waals surface area contributed by atoms with Crippen molar-refractivity contribution in [2.75, 3.05) is 0 Å². The molecule has 7 heteroatoms. The molecule has 3 aromatic rings. The monoisotopic (exact) mass is 392 g/mol. The minimum atomic E-state index is -4.43. The Balaban J connectivity index is 2.03. The van der Waals surface area contributed by atoms with Gasteiger partial charge < -0.3 is 5.32 Å². The molecule has 0 aliphatic heterocycles. The van der Waals surface area contributed by atoms with E-state index in [-0.39, 0.29) is 11.4 Å². The molecule has 3 rings (SSSR count). The first-order valence-corrected chi connectivity index (χ1v) is 9.50. The van der Waals surface area contributed by atoms with Gasteiger partial charge in [0.1, 0.15) is 0 Å². The first-order chi connectivity index (χ1) is 12.8. The van der Waals surface area contributed by atoms with Crippen LogP contribution in [0.3, 0.4) is 0 Å². The molecule has 2 heterocycles. The third kappa shape index (κ3) is 4.13. The number of carbonyl (C=O) groups excluding carboxylic acids is 1. The van der Waals surface area contributed by atoms with Crippen LogP contribution in [0, 0.1) is 6.92 Å². The normalized spacial score (nSPS) is 11.7. The van der Waals surface area contributed by atoms with Crippen LogP contribution in [-0.2, 0) is 19.1 Å². The molecule has 27 heavy (non-hydrogen) atoms. The smallest absolute Gasteiger partial charge is 0.347 e. The third-order valence-corrected chi connectivity index (χ3v) is 5.24. The van der Waals surface area contributed by atoms with Gasteiger partial charge in [-0.2, -0.15) is 13.2 Å². The number of hydrogen-bond acceptors (Lipinski definition) is 3. The van der Waals surface area contributed by atoms with E-state index in [9.17, 15) is 18.0 Å². The fourth-order valence-corrected chi connectivity index (χ4v) is 3.70. The fourth-order valence-electron chi connectivity index (χ4n) is 3.06. The second-order valence-electron chi connectivity index (χ2n) is 6.30. The van der Waals surface area contributed by atoms with Crippen LogP contribution in [0.4, 0.5) is 13.2 Å². The average molecular weight is 392 g/mol. The second-order valence-corrected chi connectivity index (χ2v) is 7.33. The van der Waals surface area contributed by atoms with Crippen molar-refractivity contribution in [2.45, 2.75) is 39.4 Å². The van der Waals surface area contributed by atoms with Crippen LogP contribution >= 0.6 is 11.3 Å². The van der Waals surface area contributed by atoms with Gasteiger partial charge in [0.2, 0.25) is 0 Å². The molecule has 3 nitrogen and oxygen atoms in total. The number of halogens is 3. The first kappa shape index (κ1) is 19.4. The molecular formula is C20H19F3N2OS. The largest absolute Gasteiger partial charge is 0.416 e. The molecular weight excluding hydrogens is 373 g/mol. The molecule has 0 atom stereocenters. The molecule has 0 bridgehead atoms. The van der Waals surface area contributed by atoms with E-state index in [2.05, 4.69) is 10.3 Å². The highest BCUT2D eigenvalue weighted by Crippen LogP contribution is 2.33. The number of carbonyl (C=O) groups is 1. The maximum absolute atomic E-state index is 13.0. The summed E-state index contributed by atoms with van der Waals surface area (Å²) >= 11 is 1.55. The Labute approximate surface area is 159 Å². The van der Waals surface area contributed by atoms with Crippen molar-refractivity contribution in [3.63, 3.8) is 0 Å². The van der Waals surface area contributed by atoms with Gasteiger partial charge in [-0.25, -0.2) is 0 Å². The predicted molar refractivity (Wildman–Crippen MR) is 101 cm³/mol. The molecule has 142 valence electrons. The number of aromatic nitrogens is 1. The zero-order valence-corrected chi connectivity index (χ0v) is 15.8. The summed E-state index contributed by atoms with van der Waals surface area (Å²) in [5.41, 5.74) is 1.17. The number of nitrogens with zero attached hydrogens (tertiary/aromatic N) is 1. The number of nitrogens with one attached hydrogen (secondary N) is 1. The van der Waals surface area contributed by atoms with Crippen molar-refractivity contribution < 1.29 is 18.0 Å². The average Bonchev–Trinajstić information content (AvgIpc) is 3.12. The van der Waals surface area contributed by atoms with E-state index < -0.39 is 11.7 Å². The number of pyridine rings is 1. The minimum absolute atomic E-state index is 0.251. The number of hydrogen-bond donors (Lipinski definition) is 1. The van der Waals surface area contributed by atoms with Crippen LogP contribution in [0.1, 0.15) is 45.4 Å². The number of benzene rings is 1. The molecule has 0 aliphatic carbocycles. The van der Waals surface area contributed by atoms with Crippen LogP contribution in [0.2, 0.25) is 0 Å². The maximum atomic E-state index is 13.0. The van der Waals surface area contributed by atoms with Gasteiger partial charge in [0.05, 0.1) is 28.9 Å². The van der Waals surface area contributed by atoms with E-state index in [1.54, 1.807) is 18.3 Å². The van der Waals surface area contributed by atoms with Gasteiger partial charge in [-0.05, 0) is 42.5 Å². The lowest BCUT2D eigenvalue weighted by atomic mass is 9.97. The van der Waals surface area contributed by atoms with Crippen molar-refractivity contribution in [1.82, 2.24) is 10.3 Å². The van der Waals surface area contributed by atoms with E-state index in [1.165, 1.54) is 6.07 Å². The number of amides is 1. The fraction of sp³-hybridized carbons (Fsp3) is 0.300. The highest BCUT2D eigenvalue weighted by molar-refractivity contribution is 7.09. The molecule has 2 aromatic heterocycles. The lowest BCUT2D eigenvalue weighted by Crippen LogP contribution is -2.25. The van der Waals surface area contributed by atoms with E-state index in [0.717, 1.165) is 23.4 Å². The first-order valence-electron chi connectivity index (χ1n) is 8.62. The van der Waals surface area contributed by atoms with Gasteiger partial charge in [0.25, 0.3) is 5.91 Å². The van der Waals surface area contributed by atoms with Crippen LogP contribution in [0.25, 0.3) is 10.9 Å².